The van der Waals surface area contributed by atoms with Gasteiger partial charge in [0.15, 0.2) is 0 Å². The Hall–Kier alpha value is -1.51. The van der Waals surface area contributed by atoms with Gasteiger partial charge in [0.05, 0.1) is 12.7 Å². The smallest absolute Gasteiger partial charge is 0.339 e. The van der Waals surface area contributed by atoms with E-state index in [0.717, 1.165) is 16.9 Å². The predicted octanol–water partition coefficient (Wildman–Crippen LogP) is 1.67. The molecule has 0 saturated carbocycles. The number of hydrogen-bond donors (Lipinski definition) is 0. The molecular weight excluding hydrogens is 168 g/mol. The maximum Gasteiger partial charge on any atom is 0.339 e. The topological polar surface area (TPSA) is 35.5 Å². The molecule has 0 fully saturated rings. The van der Waals surface area contributed by atoms with Crippen LogP contribution in [0.1, 0.15) is 21.5 Å². The molecule has 1 aromatic carbocycles. The number of aryl methyl sites for hydroxylation is 1. The molecule has 0 N–H and O–H groups in total. The van der Waals surface area contributed by atoms with Crippen molar-refractivity contribution in [3.05, 3.63) is 28.8 Å². The lowest BCUT2D eigenvalue weighted by molar-refractivity contribution is 0.0535. The van der Waals surface area contributed by atoms with E-state index in [1.807, 2.05) is 13.0 Å². The van der Waals surface area contributed by atoms with Crippen LogP contribution in [0.5, 0.6) is 5.75 Å². The summed E-state index contributed by atoms with van der Waals surface area (Å²) < 4.78 is 9.99. The highest BCUT2D eigenvalue weighted by Crippen LogP contribution is 2.27. The molecule has 0 spiro atoms. The fourth-order valence-electron chi connectivity index (χ4n) is 1.50. The van der Waals surface area contributed by atoms with Crippen molar-refractivity contribution in [1.29, 1.82) is 0 Å². The number of esters is 1. The summed E-state index contributed by atoms with van der Waals surface area (Å²) in [6, 6.07) is 3.67. The first kappa shape index (κ1) is 8.10. The zero-order valence-electron chi connectivity index (χ0n) is 7.59. The number of methoxy groups -OCH3 is 1. The van der Waals surface area contributed by atoms with Gasteiger partial charge < -0.3 is 9.47 Å². The third kappa shape index (κ3) is 1.16. The molecule has 1 aliphatic heterocycles. The van der Waals surface area contributed by atoms with Gasteiger partial charge in [-0.3, -0.25) is 0 Å². The van der Waals surface area contributed by atoms with E-state index in [2.05, 4.69) is 0 Å². The third-order valence-corrected chi connectivity index (χ3v) is 2.20. The monoisotopic (exact) mass is 178 g/mol. The maximum atomic E-state index is 11.2. The number of rotatable bonds is 1. The maximum absolute atomic E-state index is 11.2. The van der Waals surface area contributed by atoms with Crippen LogP contribution in [0.15, 0.2) is 12.1 Å². The number of cyclic esters (lactones) is 1. The third-order valence-electron chi connectivity index (χ3n) is 2.20. The Morgan fingerprint density at radius 1 is 1.46 bits per heavy atom. The van der Waals surface area contributed by atoms with Gasteiger partial charge in [0.2, 0.25) is 0 Å². The summed E-state index contributed by atoms with van der Waals surface area (Å²) in [5.74, 6) is 0.478. The molecule has 0 atom stereocenters. The first-order valence-corrected chi connectivity index (χ1v) is 4.07. The van der Waals surface area contributed by atoms with Crippen LogP contribution in [-0.2, 0) is 11.3 Å². The molecule has 1 aliphatic rings. The summed E-state index contributed by atoms with van der Waals surface area (Å²) >= 11 is 0. The number of benzene rings is 1. The second-order valence-corrected chi connectivity index (χ2v) is 3.06. The molecule has 3 nitrogen and oxygen atoms in total. The molecule has 0 aromatic heterocycles. The fraction of sp³-hybridized carbons (Fsp3) is 0.300. The molecule has 0 aliphatic carbocycles. The minimum atomic E-state index is -0.256. The molecule has 0 radical (unpaired) electrons. The normalized spacial score (nSPS) is 13.8. The summed E-state index contributed by atoms with van der Waals surface area (Å²) in [6.45, 7) is 2.33. The van der Waals surface area contributed by atoms with Crippen molar-refractivity contribution in [2.45, 2.75) is 13.5 Å². The van der Waals surface area contributed by atoms with Gasteiger partial charge >= 0.3 is 5.97 Å². The highest BCUT2D eigenvalue weighted by atomic mass is 16.5. The van der Waals surface area contributed by atoms with Crippen LogP contribution < -0.4 is 4.74 Å². The van der Waals surface area contributed by atoms with Gasteiger partial charge in [0.25, 0.3) is 0 Å². The highest BCUT2D eigenvalue weighted by molar-refractivity contribution is 5.94. The molecule has 1 heterocycles. The molecule has 0 amide bonds. The quantitative estimate of drug-likeness (QED) is 0.613. The van der Waals surface area contributed by atoms with Gasteiger partial charge in [0.1, 0.15) is 12.4 Å². The van der Waals surface area contributed by atoms with E-state index < -0.39 is 0 Å². The molecular formula is C10H10O3. The summed E-state index contributed by atoms with van der Waals surface area (Å²) in [4.78, 5) is 11.2. The van der Waals surface area contributed by atoms with E-state index in [4.69, 9.17) is 9.47 Å². The largest absolute Gasteiger partial charge is 0.496 e. The van der Waals surface area contributed by atoms with Gasteiger partial charge in [-0.05, 0) is 24.6 Å². The summed E-state index contributed by atoms with van der Waals surface area (Å²) in [5, 5.41) is 0. The van der Waals surface area contributed by atoms with E-state index in [9.17, 15) is 4.79 Å². The predicted molar refractivity (Wildman–Crippen MR) is 46.9 cm³/mol. The lowest BCUT2D eigenvalue weighted by Crippen LogP contribution is -1.95. The van der Waals surface area contributed by atoms with E-state index in [-0.39, 0.29) is 5.97 Å². The first-order chi connectivity index (χ1) is 6.22. The number of ether oxygens (including phenoxy) is 2. The average Bonchev–Trinajstić information content (AvgIpc) is 2.46. The Morgan fingerprint density at radius 2 is 2.23 bits per heavy atom. The van der Waals surface area contributed by atoms with Gasteiger partial charge in [-0.1, -0.05) is 0 Å². The van der Waals surface area contributed by atoms with Crippen LogP contribution in [0.3, 0.4) is 0 Å². The van der Waals surface area contributed by atoms with Crippen molar-refractivity contribution in [1.82, 2.24) is 0 Å². The van der Waals surface area contributed by atoms with Crippen LogP contribution in [0, 0.1) is 6.92 Å². The van der Waals surface area contributed by atoms with Crippen molar-refractivity contribution < 1.29 is 14.3 Å². The second-order valence-electron chi connectivity index (χ2n) is 3.06. The average molecular weight is 178 g/mol. The standard InChI is InChI=1S/C10H10O3/c1-6-3-7-5-13-10(11)8(7)4-9(6)12-2/h3-4H,5H2,1-2H3. The Morgan fingerprint density at radius 3 is 2.92 bits per heavy atom. The lowest BCUT2D eigenvalue weighted by atomic mass is 10.1. The number of carbonyl (C=O) groups excluding carboxylic acids is 1. The van der Waals surface area contributed by atoms with Crippen molar-refractivity contribution in [2.75, 3.05) is 7.11 Å². The van der Waals surface area contributed by atoms with Crippen molar-refractivity contribution >= 4 is 5.97 Å². The van der Waals surface area contributed by atoms with Crippen molar-refractivity contribution in [3.8, 4) is 5.75 Å². The number of hydrogen-bond acceptors (Lipinski definition) is 3. The zero-order valence-corrected chi connectivity index (χ0v) is 7.59. The molecule has 3 heteroatoms. The van der Waals surface area contributed by atoms with E-state index >= 15 is 0 Å². The molecule has 2 rings (SSSR count). The summed E-state index contributed by atoms with van der Waals surface area (Å²) in [7, 11) is 1.59. The number of fused-ring (bicyclic) bond motifs is 1. The van der Waals surface area contributed by atoms with E-state index in [1.54, 1.807) is 13.2 Å². The molecule has 13 heavy (non-hydrogen) atoms. The fourth-order valence-corrected chi connectivity index (χ4v) is 1.50. The Bertz CT molecular complexity index is 369. The van der Waals surface area contributed by atoms with Gasteiger partial charge in [-0.25, -0.2) is 4.79 Å². The Kier molecular flexibility index (Phi) is 1.72. The zero-order chi connectivity index (χ0) is 9.42. The summed E-state index contributed by atoms with van der Waals surface area (Å²) in [6.07, 6.45) is 0. The lowest BCUT2D eigenvalue weighted by Gasteiger charge is -2.04. The Balaban J connectivity index is 2.57. The van der Waals surface area contributed by atoms with Crippen molar-refractivity contribution in [2.24, 2.45) is 0 Å². The van der Waals surface area contributed by atoms with Crippen LogP contribution in [-0.4, -0.2) is 13.1 Å². The molecule has 1 aromatic rings. The minimum Gasteiger partial charge on any atom is -0.496 e. The Labute approximate surface area is 76.3 Å². The van der Waals surface area contributed by atoms with Gasteiger partial charge in [-0.15, -0.1) is 0 Å². The first-order valence-electron chi connectivity index (χ1n) is 4.07. The summed E-state index contributed by atoms with van der Waals surface area (Å²) in [5.41, 5.74) is 2.60. The second kappa shape index (κ2) is 2.76. The molecule has 0 saturated heterocycles. The SMILES string of the molecule is COc1cc2c(cc1C)COC2=O. The van der Waals surface area contributed by atoms with Crippen LogP contribution in [0.25, 0.3) is 0 Å². The van der Waals surface area contributed by atoms with E-state index in [1.165, 1.54) is 0 Å². The van der Waals surface area contributed by atoms with Crippen molar-refractivity contribution in [3.63, 3.8) is 0 Å². The molecule has 0 unspecified atom stereocenters. The number of carbonyl (C=O) groups is 1. The van der Waals surface area contributed by atoms with Crippen LogP contribution in [0.4, 0.5) is 0 Å². The van der Waals surface area contributed by atoms with Gasteiger partial charge in [-0.2, -0.15) is 0 Å². The molecule has 68 valence electrons. The minimum absolute atomic E-state index is 0.256. The molecule has 0 bridgehead atoms. The van der Waals surface area contributed by atoms with Crippen LogP contribution >= 0.6 is 0 Å². The van der Waals surface area contributed by atoms with Crippen LogP contribution in [0.2, 0.25) is 0 Å². The van der Waals surface area contributed by atoms with E-state index in [0.29, 0.717) is 12.2 Å². The van der Waals surface area contributed by atoms with Gasteiger partial charge in [0, 0.05) is 5.56 Å². The highest BCUT2D eigenvalue weighted by Gasteiger charge is 2.22.